The van der Waals surface area contributed by atoms with Crippen LogP contribution in [0.5, 0.6) is 0 Å². The summed E-state index contributed by atoms with van der Waals surface area (Å²) in [7, 11) is 0. The van der Waals surface area contributed by atoms with Gasteiger partial charge < -0.3 is 4.74 Å². The van der Waals surface area contributed by atoms with Gasteiger partial charge in [0.2, 0.25) is 0 Å². The molecule has 0 aromatic carbocycles. The largest absolute Gasteiger partial charge is 0.466 e. The van der Waals surface area contributed by atoms with Gasteiger partial charge in [-0.15, -0.1) is 0 Å². The van der Waals surface area contributed by atoms with Crippen molar-refractivity contribution in [2.24, 2.45) is 0 Å². The van der Waals surface area contributed by atoms with Crippen LogP contribution < -0.4 is 0 Å². The summed E-state index contributed by atoms with van der Waals surface area (Å²) >= 11 is 0. The van der Waals surface area contributed by atoms with Gasteiger partial charge in [-0.25, -0.2) is 0 Å². The maximum atomic E-state index is 11.3. The van der Waals surface area contributed by atoms with Crippen molar-refractivity contribution in [3.05, 3.63) is 23.8 Å². The summed E-state index contributed by atoms with van der Waals surface area (Å²) in [6.45, 7) is 9.17. The molecule has 84 valence electrons. The SMILES string of the molecule is C=C(CCOC(C)=O)CC(=O)C=C(C)C. The topological polar surface area (TPSA) is 43.4 Å². The molecular weight excluding hydrogens is 192 g/mol. The molecule has 15 heavy (non-hydrogen) atoms. The summed E-state index contributed by atoms with van der Waals surface area (Å²) in [5.41, 5.74) is 1.77. The molecule has 0 aromatic rings. The first-order valence-corrected chi connectivity index (χ1v) is 4.89. The van der Waals surface area contributed by atoms with Crippen LogP contribution in [-0.2, 0) is 14.3 Å². The third kappa shape index (κ3) is 8.94. The van der Waals surface area contributed by atoms with E-state index in [4.69, 9.17) is 4.74 Å². The summed E-state index contributed by atoms with van der Waals surface area (Å²) < 4.78 is 4.75. The predicted molar refractivity (Wildman–Crippen MR) is 59.4 cm³/mol. The minimum absolute atomic E-state index is 0.0443. The van der Waals surface area contributed by atoms with Crippen LogP contribution >= 0.6 is 0 Å². The normalized spacial score (nSPS) is 9.27. The maximum Gasteiger partial charge on any atom is 0.302 e. The zero-order valence-electron chi connectivity index (χ0n) is 9.63. The van der Waals surface area contributed by atoms with Crippen molar-refractivity contribution in [1.82, 2.24) is 0 Å². The van der Waals surface area contributed by atoms with E-state index in [-0.39, 0.29) is 11.8 Å². The molecule has 0 heterocycles. The smallest absolute Gasteiger partial charge is 0.302 e. The minimum Gasteiger partial charge on any atom is -0.466 e. The highest BCUT2D eigenvalue weighted by Gasteiger charge is 2.02. The number of rotatable bonds is 6. The molecule has 0 bridgehead atoms. The Kier molecular flexibility index (Phi) is 6.34. The zero-order valence-corrected chi connectivity index (χ0v) is 9.63. The third-order valence-electron chi connectivity index (χ3n) is 1.63. The molecule has 0 N–H and O–H groups in total. The highest BCUT2D eigenvalue weighted by molar-refractivity contribution is 5.91. The van der Waals surface area contributed by atoms with Gasteiger partial charge in [0.25, 0.3) is 0 Å². The molecular formula is C12H18O3. The van der Waals surface area contributed by atoms with Gasteiger partial charge >= 0.3 is 5.97 Å². The third-order valence-corrected chi connectivity index (χ3v) is 1.63. The van der Waals surface area contributed by atoms with Gasteiger partial charge in [0.15, 0.2) is 5.78 Å². The predicted octanol–water partition coefficient (Wildman–Crippen LogP) is 2.42. The summed E-state index contributed by atoms with van der Waals surface area (Å²) in [6.07, 6.45) is 2.46. The molecule has 3 nitrogen and oxygen atoms in total. The van der Waals surface area contributed by atoms with E-state index in [9.17, 15) is 9.59 Å². The van der Waals surface area contributed by atoms with Gasteiger partial charge in [0.05, 0.1) is 6.61 Å². The van der Waals surface area contributed by atoms with E-state index in [1.54, 1.807) is 6.08 Å². The molecule has 0 aromatic heterocycles. The number of hydrogen-bond donors (Lipinski definition) is 0. The van der Waals surface area contributed by atoms with E-state index in [1.807, 2.05) is 13.8 Å². The van der Waals surface area contributed by atoms with Gasteiger partial charge in [0.1, 0.15) is 0 Å². The lowest BCUT2D eigenvalue weighted by Crippen LogP contribution is -2.03. The van der Waals surface area contributed by atoms with E-state index in [1.165, 1.54) is 6.92 Å². The molecule has 0 atom stereocenters. The Labute approximate surface area is 90.8 Å². The fourth-order valence-corrected chi connectivity index (χ4v) is 1.05. The van der Waals surface area contributed by atoms with Gasteiger partial charge in [-0.2, -0.15) is 0 Å². The van der Waals surface area contributed by atoms with E-state index in [0.717, 1.165) is 11.1 Å². The monoisotopic (exact) mass is 210 g/mol. The van der Waals surface area contributed by atoms with Gasteiger partial charge in [-0.05, 0) is 19.9 Å². The van der Waals surface area contributed by atoms with Crippen LogP contribution in [0.15, 0.2) is 23.8 Å². The number of carbonyl (C=O) groups is 2. The summed E-state index contributed by atoms with van der Waals surface area (Å²) in [5.74, 6) is -0.263. The number of esters is 1. The van der Waals surface area contributed by atoms with E-state index in [0.29, 0.717) is 19.4 Å². The lowest BCUT2D eigenvalue weighted by molar-refractivity contribution is -0.140. The average Bonchev–Trinajstić information content (AvgIpc) is 2.00. The summed E-state index contributed by atoms with van der Waals surface area (Å²) in [4.78, 5) is 21.8. The number of hydrogen-bond acceptors (Lipinski definition) is 3. The molecule has 0 aliphatic rings. The Bertz CT molecular complexity index is 283. The van der Waals surface area contributed by atoms with Crippen LogP contribution in [0.4, 0.5) is 0 Å². The second-order valence-electron chi connectivity index (χ2n) is 3.70. The fourth-order valence-electron chi connectivity index (χ4n) is 1.05. The van der Waals surface area contributed by atoms with Gasteiger partial charge in [-0.3, -0.25) is 9.59 Å². The Morgan fingerprint density at radius 3 is 2.33 bits per heavy atom. The molecule has 0 aliphatic carbocycles. The molecule has 0 unspecified atom stereocenters. The Morgan fingerprint density at radius 1 is 1.27 bits per heavy atom. The maximum absolute atomic E-state index is 11.3. The Balaban J connectivity index is 3.79. The molecule has 0 fully saturated rings. The van der Waals surface area contributed by atoms with Crippen LogP contribution in [-0.4, -0.2) is 18.4 Å². The lowest BCUT2D eigenvalue weighted by atomic mass is 10.1. The summed E-state index contributed by atoms with van der Waals surface area (Å²) in [5, 5.41) is 0. The highest BCUT2D eigenvalue weighted by Crippen LogP contribution is 2.06. The number of carbonyl (C=O) groups excluding carboxylic acids is 2. The second-order valence-corrected chi connectivity index (χ2v) is 3.70. The van der Waals surface area contributed by atoms with Crippen LogP contribution in [0.2, 0.25) is 0 Å². The second kappa shape index (κ2) is 6.98. The molecule has 0 saturated carbocycles. The van der Waals surface area contributed by atoms with Crippen molar-refractivity contribution >= 4 is 11.8 Å². The molecule has 0 amide bonds. The number of ether oxygens (including phenoxy) is 1. The van der Waals surface area contributed by atoms with Crippen LogP contribution in [0.1, 0.15) is 33.6 Å². The van der Waals surface area contributed by atoms with Crippen molar-refractivity contribution in [2.75, 3.05) is 6.61 Å². The first-order valence-electron chi connectivity index (χ1n) is 4.89. The average molecular weight is 210 g/mol. The number of ketones is 1. The lowest BCUT2D eigenvalue weighted by Gasteiger charge is -2.03. The highest BCUT2D eigenvalue weighted by atomic mass is 16.5. The van der Waals surface area contributed by atoms with Crippen LogP contribution in [0.3, 0.4) is 0 Å². The Morgan fingerprint density at radius 2 is 1.87 bits per heavy atom. The van der Waals surface area contributed by atoms with Crippen molar-refractivity contribution in [3.8, 4) is 0 Å². The summed E-state index contributed by atoms with van der Waals surface area (Å²) in [6, 6.07) is 0. The van der Waals surface area contributed by atoms with Gasteiger partial charge in [-0.1, -0.05) is 17.7 Å². The van der Waals surface area contributed by atoms with Crippen LogP contribution in [0, 0.1) is 0 Å². The quantitative estimate of drug-likeness (QED) is 0.384. The first-order chi connectivity index (χ1) is 6.91. The van der Waals surface area contributed by atoms with E-state index >= 15 is 0 Å². The molecule has 3 heteroatoms. The number of allylic oxidation sites excluding steroid dienone is 2. The minimum atomic E-state index is -0.307. The zero-order chi connectivity index (χ0) is 11.8. The van der Waals surface area contributed by atoms with Crippen molar-refractivity contribution in [3.63, 3.8) is 0 Å². The fraction of sp³-hybridized carbons (Fsp3) is 0.500. The van der Waals surface area contributed by atoms with Crippen LogP contribution in [0.25, 0.3) is 0 Å². The molecule has 0 aliphatic heterocycles. The van der Waals surface area contributed by atoms with E-state index in [2.05, 4.69) is 6.58 Å². The Hall–Kier alpha value is -1.38. The first kappa shape index (κ1) is 13.6. The van der Waals surface area contributed by atoms with Crippen molar-refractivity contribution in [1.29, 1.82) is 0 Å². The van der Waals surface area contributed by atoms with E-state index < -0.39 is 0 Å². The molecule has 0 spiro atoms. The molecule has 0 saturated heterocycles. The van der Waals surface area contributed by atoms with Crippen molar-refractivity contribution in [2.45, 2.75) is 33.6 Å². The molecule has 0 radical (unpaired) electrons. The van der Waals surface area contributed by atoms with Crippen molar-refractivity contribution < 1.29 is 14.3 Å². The molecule has 0 rings (SSSR count). The van der Waals surface area contributed by atoms with Gasteiger partial charge in [0, 0.05) is 19.8 Å². The standard InChI is InChI=1S/C12H18O3/c1-9(2)7-12(14)8-10(3)5-6-15-11(4)13/h7H,3,5-6,8H2,1-2,4H3.